The van der Waals surface area contributed by atoms with Crippen LogP contribution in [0.5, 0.6) is 0 Å². The van der Waals surface area contributed by atoms with E-state index in [4.69, 9.17) is 11.0 Å². The molecule has 0 fully saturated rings. The molecule has 0 bridgehead atoms. The van der Waals surface area contributed by atoms with E-state index in [1.54, 1.807) is 0 Å². The summed E-state index contributed by atoms with van der Waals surface area (Å²) in [6, 6.07) is 5.40. The molecule has 1 heterocycles. The highest BCUT2D eigenvalue weighted by atomic mass is 19.1. The topological polar surface area (TPSA) is 74.7 Å². The molecule has 1 aromatic heterocycles. The summed E-state index contributed by atoms with van der Waals surface area (Å²) in [4.78, 5) is 3.89. The van der Waals surface area contributed by atoms with Crippen LogP contribution in [-0.2, 0) is 0 Å². The lowest BCUT2D eigenvalue weighted by molar-refractivity contribution is 0.595. The van der Waals surface area contributed by atoms with Gasteiger partial charge in [-0.25, -0.2) is 13.8 Å². The highest BCUT2D eigenvalue weighted by Crippen LogP contribution is 2.25. The monoisotopic (exact) mass is 260 g/mol. The van der Waals surface area contributed by atoms with Crippen LogP contribution in [0.25, 0.3) is 0 Å². The van der Waals surface area contributed by atoms with Crippen LogP contribution in [0.15, 0.2) is 24.4 Å². The van der Waals surface area contributed by atoms with Crippen LogP contribution in [0, 0.1) is 29.9 Å². The van der Waals surface area contributed by atoms with E-state index >= 15 is 0 Å². The van der Waals surface area contributed by atoms with Crippen molar-refractivity contribution in [1.29, 1.82) is 5.26 Å². The van der Waals surface area contributed by atoms with Crippen LogP contribution in [0.4, 0.5) is 26.0 Å². The van der Waals surface area contributed by atoms with E-state index < -0.39 is 11.6 Å². The molecule has 0 aliphatic heterocycles. The number of anilines is 3. The molecule has 0 saturated heterocycles. The maximum Gasteiger partial charge on any atom is 0.153 e. The molecular weight excluding hydrogens is 250 g/mol. The molecule has 0 saturated carbocycles. The van der Waals surface area contributed by atoms with Crippen molar-refractivity contribution in [2.75, 3.05) is 11.1 Å². The molecule has 19 heavy (non-hydrogen) atoms. The summed E-state index contributed by atoms with van der Waals surface area (Å²) < 4.78 is 27.0. The van der Waals surface area contributed by atoms with Crippen molar-refractivity contribution in [3.63, 3.8) is 0 Å². The van der Waals surface area contributed by atoms with E-state index in [1.165, 1.54) is 19.2 Å². The molecule has 0 aliphatic carbocycles. The predicted octanol–water partition coefficient (Wildman–Crippen LogP) is 2.87. The Bertz CT molecular complexity index is 677. The van der Waals surface area contributed by atoms with Crippen molar-refractivity contribution in [3.05, 3.63) is 47.2 Å². The molecule has 2 aromatic rings. The molecule has 0 spiro atoms. The van der Waals surface area contributed by atoms with E-state index in [2.05, 4.69) is 10.3 Å². The van der Waals surface area contributed by atoms with Gasteiger partial charge in [0.2, 0.25) is 0 Å². The Kier molecular flexibility index (Phi) is 3.29. The van der Waals surface area contributed by atoms with Gasteiger partial charge in [0.15, 0.2) is 5.82 Å². The smallest absolute Gasteiger partial charge is 0.153 e. The summed E-state index contributed by atoms with van der Waals surface area (Å²) in [5, 5.41) is 11.3. The Morgan fingerprint density at radius 1 is 1.26 bits per heavy atom. The molecular formula is C13H10F2N4. The Morgan fingerprint density at radius 2 is 2.00 bits per heavy atom. The molecule has 0 atom stereocenters. The second kappa shape index (κ2) is 4.90. The molecule has 1 aromatic carbocycles. The number of nitrogens with one attached hydrogen (secondary N) is 1. The van der Waals surface area contributed by atoms with Gasteiger partial charge in [-0.2, -0.15) is 5.26 Å². The van der Waals surface area contributed by atoms with Gasteiger partial charge >= 0.3 is 0 Å². The number of rotatable bonds is 2. The maximum absolute atomic E-state index is 13.6. The van der Waals surface area contributed by atoms with E-state index in [0.29, 0.717) is 5.56 Å². The number of hydrogen-bond donors (Lipinski definition) is 2. The number of pyridine rings is 1. The van der Waals surface area contributed by atoms with Crippen LogP contribution in [0.3, 0.4) is 0 Å². The van der Waals surface area contributed by atoms with Gasteiger partial charge in [0.1, 0.15) is 17.7 Å². The molecule has 2 rings (SSSR count). The summed E-state index contributed by atoms with van der Waals surface area (Å²) in [7, 11) is 0. The number of nitriles is 1. The number of nitrogen functional groups attached to an aromatic ring is 1. The van der Waals surface area contributed by atoms with Crippen molar-refractivity contribution >= 4 is 17.2 Å². The minimum absolute atomic E-state index is 0.0630. The van der Waals surface area contributed by atoms with E-state index in [0.717, 1.165) is 12.1 Å². The van der Waals surface area contributed by atoms with Crippen LogP contribution in [0.1, 0.15) is 11.1 Å². The normalized spacial score (nSPS) is 10.0. The molecule has 0 radical (unpaired) electrons. The van der Waals surface area contributed by atoms with Gasteiger partial charge in [-0.1, -0.05) is 0 Å². The van der Waals surface area contributed by atoms with E-state index in [9.17, 15) is 8.78 Å². The summed E-state index contributed by atoms with van der Waals surface area (Å²) in [5.41, 5.74) is 6.29. The minimum atomic E-state index is -0.607. The van der Waals surface area contributed by atoms with E-state index in [-0.39, 0.29) is 22.8 Å². The Morgan fingerprint density at radius 3 is 2.63 bits per heavy atom. The van der Waals surface area contributed by atoms with Gasteiger partial charge < -0.3 is 11.1 Å². The van der Waals surface area contributed by atoms with E-state index in [1.807, 2.05) is 6.07 Å². The first kappa shape index (κ1) is 12.8. The van der Waals surface area contributed by atoms with Gasteiger partial charge in [0, 0.05) is 12.3 Å². The van der Waals surface area contributed by atoms with Crippen LogP contribution in [0.2, 0.25) is 0 Å². The summed E-state index contributed by atoms with van der Waals surface area (Å²) in [6.07, 6.45) is 1.29. The molecule has 0 unspecified atom stereocenters. The average Bonchev–Trinajstić information content (AvgIpc) is 2.38. The van der Waals surface area contributed by atoms with Crippen LogP contribution >= 0.6 is 0 Å². The third-order valence-corrected chi connectivity index (χ3v) is 2.55. The predicted molar refractivity (Wildman–Crippen MR) is 67.7 cm³/mol. The van der Waals surface area contributed by atoms with Gasteiger partial charge in [-0.15, -0.1) is 0 Å². The third-order valence-electron chi connectivity index (χ3n) is 2.55. The zero-order valence-corrected chi connectivity index (χ0v) is 10.0. The third kappa shape index (κ3) is 2.60. The quantitative estimate of drug-likeness (QED) is 0.870. The number of nitrogens with two attached hydrogens (primary N) is 1. The Labute approximate surface area is 108 Å². The fourth-order valence-electron chi connectivity index (χ4n) is 1.52. The first-order valence-corrected chi connectivity index (χ1v) is 5.39. The number of aromatic nitrogens is 1. The van der Waals surface area contributed by atoms with Crippen molar-refractivity contribution in [1.82, 2.24) is 4.98 Å². The number of halogens is 2. The number of nitrogens with zero attached hydrogens (tertiary/aromatic N) is 2. The largest absolute Gasteiger partial charge is 0.396 e. The highest BCUT2D eigenvalue weighted by Gasteiger charge is 2.10. The maximum atomic E-state index is 13.6. The Hall–Kier alpha value is -2.68. The van der Waals surface area contributed by atoms with Crippen molar-refractivity contribution in [3.8, 4) is 6.07 Å². The number of aryl methyl sites for hydroxylation is 1. The lowest BCUT2D eigenvalue weighted by Crippen LogP contribution is -2.02. The molecule has 0 amide bonds. The number of benzene rings is 1. The van der Waals surface area contributed by atoms with Gasteiger partial charge in [-0.3, -0.25) is 0 Å². The summed E-state index contributed by atoms with van der Waals surface area (Å²) >= 11 is 0. The molecule has 96 valence electrons. The molecule has 4 nitrogen and oxygen atoms in total. The van der Waals surface area contributed by atoms with Gasteiger partial charge in [-0.05, 0) is 24.6 Å². The zero-order chi connectivity index (χ0) is 14.0. The minimum Gasteiger partial charge on any atom is -0.396 e. The molecule has 0 aliphatic rings. The molecule has 6 heteroatoms. The fraction of sp³-hybridized carbons (Fsp3) is 0.0769. The van der Waals surface area contributed by atoms with Crippen molar-refractivity contribution in [2.24, 2.45) is 0 Å². The van der Waals surface area contributed by atoms with Gasteiger partial charge in [0.25, 0.3) is 0 Å². The second-order valence-electron chi connectivity index (χ2n) is 3.98. The van der Waals surface area contributed by atoms with Gasteiger partial charge in [0.05, 0.1) is 16.9 Å². The molecule has 3 N–H and O–H groups in total. The SMILES string of the molecule is Cc1cc(F)c(Nc2ncc(C#N)cc2N)cc1F. The fourth-order valence-corrected chi connectivity index (χ4v) is 1.52. The first-order valence-electron chi connectivity index (χ1n) is 5.39. The summed E-state index contributed by atoms with van der Waals surface area (Å²) in [5.74, 6) is -0.971. The Balaban J connectivity index is 2.37. The summed E-state index contributed by atoms with van der Waals surface area (Å²) in [6.45, 7) is 1.47. The van der Waals surface area contributed by atoms with Crippen molar-refractivity contribution < 1.29 is 8.78 Å². The van der Waals surface area contributed by atoms with Crippen LogP contribution in [-0.4, -0.2) is 4.98 Å². The van der Waals surface area contributed by atoms with Crippen LogP contribution < -0.4 is 11.1 Å². The lowest BCUT2D eigenvalue weighted by atomic mass is 10.2. The zero-order valence-electron chi connectivity index (χ0n) is 10.0. The standard InChI is InChI=1S/C13H10F2N4/c1-7-2-10(15)12(4-9(7)14)19-13-11(17)3-8(5-16)6-18-13/h2-4,6H,17H2,1H3,(H,18,19). The first-order chi connectivity index (χ1) is 9.01. The lowest BCUT2D eigenvalue weighted by Gasteiger charge is -2.10. The highest BCUT2D eigenvalue weighted by molar-refractivity contribution is 5.70. The van der Waals surface area contributed by atoms with Crippen molar-refractivity contribution in [2.45, 2.75) is 6.92 Å². The second-order valence-corrected chi connectivity index (χ2v) is 3.98. The average molecular weight is 260 g/mol. The number of hydrogen-bond acceptors (Lipinski definition) is 4.